The van der Waals surface area contributed by atoms with Crippen molar-refractivity contribution >= 4 is 17.4 Å². The molecule has 0 radical (unpaired) electrons. The Balaban J connectivity index is 2.27. The average Bonchev–Trinajstić information content (AvgIpc) is 2.40. The van der Waals surface area contributed by atoms with Crippen LogP contribution in [0, 0.1) is 13.8 Å². The maximum Gasteiger partial charge on any atom is 0.270 e. The van der Waals surface area contributed by atoms with Crippen molar-refractivity contribution in [3.63, 3.8) is 0 Å². The Bertz CT molecular complexity index is 652. The number of aromatic nitrogens is 2. The molecule has 1 aromatic heterocycles. The monoisotopic (exact) mass is 284 g/mol. The highest BCUT2D eigenvalue weighted by Crippen LogP contribution is 2.19. The van der Waals surface area contributed by atoms with Crippen molar-refractivity contribution in [2.45, 2.75) is 33.7 Å². The number of benzene rings is 1. The van der Waals surface area contributed by atoms with E-state index < -0.39 is 0 Å². The molecule has 2 N–H and O–H groups in total. The van der Waals surface area contributed by atoms with Gasteiger partial charge in [-0.2, -0.15) is 0 Å². The number of anilines is 2. The third-order valence-electron chi connectivity index (χ3n) is 2.90. The van der Waals surface area contributed by atoms with Gasteiger partial charge in [0.1, 0.15) is 17.3 Å². The highest BCUT2D eigenvalue weighted by atomic mass is 16.1. The average molecular weight is 284 g/mol. The zero-order valence-corrected chi connectivity index (χ0v) is 12.8. The quantitative estimate of drug-likeness (QED) is 0.905. The van der Waals surface area contributed by atoms with Crippen LogP contribution in [0.1, 0.15) is 35.7 Å². The molecule has 1 aromatic carbocycles. The van der Waals surface area contributed by atoms with Gasteiger partial charge in [-0.15, -0.1) is 0 Å². The molecule has 2 aromatic rings. The third kappa shape index (κ3) is 4.02. The molecule has 0 aliphatic carbocycles. The lowest BCUT2D eigenvalue weighted by atomic mass is 10.2. The normalized spacial score (nSPS) is 10.5. The van der Waals surface area contributed by atoms with Crippen molar-refractivity contribution < 1.29 is 4.79 Å². The predicted molar refractivity (Wildman–Crippen MR) is 83.8 cm³/mol. The van der Waals surface area contributed by atoms with Gasteiger partial charge in [0.2, 0.25) is 0 Å². The smallest absolute Gasteiger partial charge is 0.270 e. The summed E-state index contributed by atoms with van der Waals surface area (Å²) in [5.74, 6) is 0.983. The predicted octanol–water partition coefficient (Wildman–Crippen LogP) is 2.98. The Morgan fingerprint density at radius 3 is 2.52 bits per heavy atom. The summed E-state index contributed by atoms with van der Waals surface area (Å²) in [6, 6.07) is 9.66. The molecule has 0 aliphatic heterocycles. The van der Waals surface area contributed by atoms with E-state index in [9.17, 15) is 4.79 Å². The number of para-hydroxylation sites is 1. The van der Waals surface area contributed by atoms with Gasteiger partial charge >= 0.3 is 0 Å². The molecule has 5 nitrogen and oxygen atoms in total. The van der Waals surface area contributed by atoms with E-state index in [1.165, 1.54) is 0 Å². The fourth-order valence-corrected chi connectivity index (χ4v) is 1.94. The number of hydrogen-bond acceptors (Lipinski definition) is 4. The summed E-state index contributed by atoms with van der Waals surface area (Å²) in [5, 5.41) is 6.06. The molecule has 0 saturated carbocycles. The fraction of sp³-hybridized carbons (Fsp3) is 0.312. The van der Waals surface area contributed by atoms with E-state index in [-0.39, 0.29) is 11.9 Å². The van der Waals surface area contributed by atoms with Crippen molar-refractivity contribution in [3.8, 4) is 0 Å². The first-order chi connectivity index (χ1) is 9.95. The molecular weight excluding hydrogens is 264 g/mol. The number of carbonyl (C=O) groups is 1. The van der Waals surface area contributed by atoms with Crippen LogP contribution in [0.15, 0.2) is 30.3 Å². The number of carbonyl (C=O) groups excluding carboxylic acids is 1. The minimum Gasteiger partial charge on any atom is -0.349 e. The number of aryl methyl sites for hydroxylation is 2. The maximum absolute atomic E-state index is 12.0. The van der Waals surface area contributed by atoms with Gasteiger partial charge in [0.05, 0.1) is 0 Å². The number of nitrogens with zero attached hydrogens (tertiary/aromatic N) is 2. The zero-order chi connectivity index (χ0) is 15.4. The van der Waals surface area contributed by atoms with Crippen LogP contribution in [0.2, 0.25) is 0 Å². The molecule has 2 rings (SSSR count). The standard InChI is InChI=1S/C16H20N4O/c1-10(2)17-16(21)14-9-15(19-12(4)18-14)20-13-8-6-5-7-11(13)3/h5-10H,1-4H3,(H,17,21)(H,18,19,20). The van der Waals surface area contributed by atoms with E-state index in [1.807, 2.05) is 45.0 Å². The molecule has 21 heavy (non-hydrogen) atoms. The number of rotatable bonds is 4. The second-order valence-electron chi connectivity index (χ2n) is 5.25. The van der Waals surface area contributed by atoms with Crippen LogP contribution >= 0.6 is 0 Å². The van der Waals surface area contributed by atoms with Crippen molar-refractivity contribution in [3.05, 3.63) is 47.4 Å². The minimum atomic E-state index is -0.191. The lowest BCUT2D eigenvalue weighted by Crippen LogP contribution is -2.31. The Labute approximate surface area is 124 Å². The first-order valence-electron chi connectivity index (χ1n) is 6.95. The van der Waals surface area contributed by atoms with Crippen LogP contribution in [0.3, 0.4) is 0 Å². The van der Waals surface area contributed by atoms with Crippen LogP contribution in [0.4, 0.5) is 11.5 Å². The van der Waals surface area contributed by atoms with Gasteiger partial charge in [-0.3, -0.25) is 4.79 Å². The molecule has 1 amide bonds. The van der Waals surface area contributed by atoms with Crippen LogP contribution in [-0.4, -0.2) is 21.9 Å². The Kier molecular flexibility index (Phi) is 4.52. The molecule has 0 bridgehead atoms. The van der Waals surface area contributed by atoms with Crippen molar-refractivity contribution in [2.75, 3.05) is 5.32 Å². The second-order valence-corrected chi connectivity index (χ2v) is 5.25. The van der Waals surface area contributed by atoms with Crippen LogP contribution in [-0.2, 0) is 0 Å². The van der Waals surface area contributed by atoms with E-state index in [0.717, 1.165) is 11.3 Å². The highest BCUT2D eigenvalue weighted by Gasteiger charge is 2.11. The molecule has 110 valence electrons. The lowest BCUT2D eigenvalue weighted by molar-refractivity contribution is 0.0937. The molecule has 0 unspecified atom stereocenters. The summed E-state index contributed by atoms with van der Waals surface area (Å²) < 4.78 is 0. The van der Waals surface area contributed by atoms with Gasteiger partial charge in [-0.05, 0) is 39.3 Å². The third-order valence-corrected chi connectivity index (χ3v) is 2.90. The number of amides is 1. The summed E-state index contributed by atoms with van der Waals surface area (Å²) in [6.45, 7) is 7.62. The SMILES string of the molecule is Cc1nc(Nc2ccccc2C)cc(C(=O)NC(C)C)n1. The fourth-order valence-electron chi connectivity index (χ4n) is 1.94. The van der Waals surface area contributed by atoms with Gasteiger partial charge in [0.25, 0.3) is 5.91 Å². The highest BCUT2D eigenvalue weighted by molar-refractivity contribution is 5.93. The molecule has 0 spiro atoms. The minimum absolute atomic E-state index is 0.0700. The van der Waals surface area contributed by atoms with Crippen molar-refractivity contribution in [1.82, 2.24) is 15.3 Å². The van der Waals surface area contributed by atoms with Gasteiger partial charge in [-0.25, -0.2) is 9.97 Å². The largest absolute Gasteiger partial charge is 0.349 e. The van der Waals surface area contributed by atoms with Crippen LogP contribution in [0.5, 0.6) is 0 Å². The van der Waals surface area contributed by atoms with Gasteiger partial charge in [-0.1, -0.05) is 18.2 Å². The number of hydrogen-bond donors (Lipinski definition) is 2. The molecular formula is C16H20N4O. The van der Waals surface area contributed by atoms with E-state index >= 15 is 0 Å². The topological polar surface area (TPSA) is 66.9 Å². The summed E-state index contributed by atoms with van der Waals surface area (Å²) in [5.41, 5.74) is 2.44. The first-order valence-corrected chi connectivity index (χ1v) is 6.95. The molecule has 1 heterocycles. The van der Waals surface area contributed by atoms with Gasteiger partial charge in [0, 0.05) is 17.8 Å². The van der Waals surface area contributed by atoms with Crippen LogP contribution in [0.25, 0.3) is 0 Å². The van der Waals surface area contributed by atoms with Gasteiger partial charge < -0.3 is 10.6 Å². The molecule has 0 atom stereocenters. The van der Waals surface area contributed by atoms with Gasteiger partial charge in [0.15, 0.2) is 0 Å². The zero-order valence-electron chi connectivity index (χ0n) is 12.8. The summed E-state index contributed by atoms with van der Waals surface area (Å²) >= 11 is 0. The first kappa shape index (κ1) is 15.0. The van der Waals surface area contributed by atoms with Crippen LogP contribution < -0.4 is 10.6 Å². The Morgan fingerprint density at radius 2 is 1.86 bits per heavy atom. The molecule has 0 fully saturated rings. The Hall–Kier alpha value is -2.43. The molecule has 0 aliphatic rings. The van der Waals surface area contributed by atoms with E-state index in [4.69, 9.17) is 0 Å². The lowest BCUT2D eigenvalue weighted by Gasteiger charge is -2.11. The second kappa shape index (κ2) is 6.35. The molecule has 0 saturated heterocycles. The summed E-state index contributed by atoms with van der Waals surface area (Å²) in [6.07, 6.45) is 0. The number of nitrogens with one attached hydrogen (secondary N) is 2. The van der Waals surface area contributed by atoms with E-state index in [1.54, 1.807) is 13.0 Å². The van der Waals surface area contributed by atoms with E-state index in [2.05, 4.69) is 20.6 Å². The maximum atomic E-state index is 12.0. The van der Waals surface area contributed by atoms with Crippen molar-refractivity contribution in [1.29, 1.82) is 0 Å². The van der Waals surface area contributed by atoms with E-state index in [0.29, 0.717) is 17.3 Å². The van der Waals surface area contributed by atoms with Crippen molar-refractivity contribution in [2.24, 2.45) is 0 Å². The Morgan fingerprint density at radius 1 is 1.14 bits per heavy atom. The summed E-state index contributed by atoms with van der Waals surface area (Å²) in [7, 11) is 0. The molecule has 5 heteroatoms. The summed E-state index contributed by atoms with van der Waals surface area (Å²) in [4.78, 5) is 20.6.